The molecule has 0 aliphatic rings. The minimum atomic E-state index is -0.793. The van der Waals surface area contributed by atoms with Gasteiger partial charge in [-0.3, -0.25) is 14.4 Å². The smallest absolute Gasteiger partial charge is 0.306 e. The monoisotopic (exact) mass is 1000 g/mol. The lowest BCUT2D eigenvalue weighted by molar-refractivity contribution is -0.167. The van der Waals surface area contributed by atoms with Gasteiger partial charge in [-0.15, -0.1) is 0 Å². The molecule has 0 amide bonds. The van der Waals surface area contributed by atoms with Gasteiger partial charge < -0.3 is 14.2 Å². The first-order chi connectivity index (χ1) is 35.5. The van der Waals surface area contributed by atoms with E-state index in [4.69, 9.17) is 14.2 Å². The van der Waals surface area contributed by atoms with Gasteiger partial charge in [-0.25, -0.2) is 0 Å². The molecule has 0 heterocycles. The third kappa shape index (κ3) is 57.5. The summed E-state index contributed by atoms with van der Waals surface area (Å²) < 4.78 is 16.9. The Balaban J connectivity index is 4.40. The largest absolute Gasteiger partial charge is 0.462 e. The van der Waals surface area contributed by atoms with Crippen LogP contribution in [0.15, 0.2) is 85.1 Å². The van der Waals surface area contributed by atoms with Crippen LogP contribution in [0.25, 0.3) is 0 Å². The number of esters is 3. The summed E-state index contributed by atoms with van der Waals surface area (Å²) in [6, 6.07) is 0. The number of hydrogen-bond donors (Lipinski definition) is 0. The minimum Gasteiger partial charge on any atom is -0.462 e. The molecule has 0 aliphatic carbocycles. The molecule has 0 spiro atoms. The van der Waals surface area contributed by atoms with Gasteiger partial charge in [0, 0.05) is 19.3 Å². The van der Waals surface area contributed by atoms with E-state index in [2.05, 4.69) is 106 Å². The van der Waals surface area contributed by atoms with Gasteiger partial charge >= 0.3 is 17.9 Å². The standard InChI is InChI=1S/C66H114O6/c1-4-7-10-13-16-19-22-25-28-30-32-33-35-36-38-41-44-47-50-53-56-59-65(68)71-62-63(61-70-64(67)58-55-52-49-46-43-40-27-24-21-18-15-12-9-6-3)72-66(69)60-57-54-51-48-45-42-39-37-34-31-29-26-23-20-17-14-11-8-5-2/h15,17-18,20,22,24-27,29-30,32,34,37,63H,4-14,16,19,21,23,28,31,33,35-36,38-62H2,1-3H3/b18-15-,20-17-,25-22-,27-24-,29-26-,32-30-,37-34-. The third-order valence-electron chi connectivity index (χ3n) is 13.1. The molecule has 0 aromatic rings. The highest BCUT2D eigenvalue weighted by atomic mass is 16.6. The van der Waals surface area contributed by atoms with Crippen molar-refractivity contribution in [3.8, 4) is 0 Å². The quantitative estimate of drug-likeness (QED) is 0.0261. The van der Waals surface area contributed by atoms with E-state index < -0.39 is 6.10 Å². The lowest BCUT2D eigenvalue weighted by atomic mass is 10.1. The molecule has 0 N–H and O–H groups in total. The molecule has 0 bridgehead atoms. The van der Waals surface area contributed by atoms with Crippen LogP contribution in [0.2, 0.25) is 0 Å². The summed E-state index contributed by atoms with van der Waals surface area (Å²) in [6.07, 6.45) is 78.6. The molecule has 6 heteroatoms. The maximum absolute atomic E-state index is 12.9. The van der Waals surface area contributed by atoms with Crippen LogP contribution < -0.4 is 0 Å². The van der Waals surface area contributed by atoms with Gasteiger partial charge in [0.15, 0.2) is 6.10 Å². The van der Waals surface area contributed by atoms with Crippen LogP contribution in [0.5, 0.6) is 0 Å². The zero-order valence-corrected chi connectivity index (χ0v) is 47.4. The van der Waals surface area contributed by atoms with Crippen molar-refractivity contribution < 1.29 is 28.6 Å². The van der Waals surface area contributed by atoms with Crippen molar-refractivity contribution in [2.75, 3.05) is 13.2 Å². The van der Waals surface area contributed by atoms with Gasteiger partial charge in [0.25, 0.3) is 0 Å². The number of hydrogen-bond acceptors (Lipinski definition) is 6. The lowest BCUT2D eigenvalue weighted by Crippen LogP contribution is -2.30. The van der Waals surface area contributed by atoms with E-state index in [9.17, 15) is 14.4 Å². The Labute approximate surface area is 445 Å². The van der Waals surface area contributed by atoms with Gasteiger partial charge in [0.05, 0.1) is 0 Å². The molecular weight excluding hydrogens is 889 g/mol. The first-order valence-corrected chi connectivity index (χ1v) is 30.6. The second-order valence-electron chi connectivity index (χ2n) is 20.2. The topological polar surface area (TPSA) is 78.9 Å². The number of carbonyl (C=O) groups excluding carboxylic acids is 3. The average Bonchev–Trinajstić information content (AvgIpc) is 3.38. The van der Waals surface area contributed by atoms with Crippen LogP contribution in [0.1, 0.15) is 297 Å². The predicted molar refractivity (Wildman–Crippen MR) is 311 cm³/mol. The highest BCUT2D eigenvalue weighted by Gasteiger charge is 2.19. The Hall–Kier alpha value is -3.41. The Bertz CT molecular complexity index is 1380. The molecule has 0 saturated heterocycles. The van der Waals surface area contributed by atoms with E-state index in [0.717, 1.165) is 116 Å². The summed E-state index contributed by atoms with van der Waals surface area (Å²) in [6.45, 7) is 6.56. The molecule has 0 aromatic carbocycles. The van der Waals surface area contributed by atoms with Crippen molar-refractivity contribution in [3.05, 3.63) is 85.1 Å². The molecule has 1 atom stereocenters. The Morgan fingerprint density at radius 3 is 0.847 bits per heavy atom. The fourth-order valence-electron chi connectivity index (χ4n) is 8.44. The van der Waals surface area contributed by atoms with Crippen LogP contribution >= 0.6 is 0 Å². The van der Waals surface area contributed by atoms with Gasteiger partial charge in [-0.05, 0) is 116 Å². The van der Waals surface area contributed by atoms with Crippen LogP contribution in [0.4, 0.5) is 0 Å². The number of carbonyl (C=O) groups is 3. The molecular formula is C66H114O6. The highest BCUT2D eigenvalue weighted by molar-refractivity contribution is 5.71. The van der Waals surface area contributed by atoms with E-state index in [-0.39, 0.29) is 31.1 Å². The summed E-state index contributed by atoms with van der Waals surface area (Å²) in [5.74, 6) is -0.911. The number of ether oxygens (including phenoxy) is 3. The van der Waals surface area contributed by atoms with Crippen molar-refractivity contribution in [2.24, 2.45) is 0 Å². The van der Waals surface area contributed by atoms with Crippen LogP contribution in [-0.2, 0) is 28.6 Å². The fraction of sp³-hybridized carbons (Fsp3) is 0.742. The molecule has 0 aromatic heterocycles. The maximum Gasteiger partial charge on any atom is 0.306 e. The fourth-order valence-corrected chi connectivity index (χ4v) is 8.44. The summed E-state index contributed by atoms with van der Waals surface area (Å²) in [5.41, 5.74) is 0. The van der Waals surface area contributed by atoms with Crippen LogP contribution in [-0.4, -0.2) is 37.2 Å². The third-order valence-corrected chi connectivity index (χ3v) is 13.1. The number of rotatable bonds is 55. The minimum absolute atomic E-state index is 0.0885. The van der Waals surface area contributed by atoms with E-state index in [1.165, 1.54) is 141 Å². The molecule has 1 unspecified atom stereocenters. The normalized spacial score (nSPS) is 12.7. The van der Waals surface area contributed by atoms with Crippen molar-refractivity contribution in [2.45, 2.75) is 303 Å². The molecule has 0 fully saturated rings. The second kappa shape index (κ2) is 60.1. The van der Waals surface area contributed by atoms with E-state index in [1.807, 2.05) is 0 Å². The summed E-state index contributed by atoms with van der Waals surface area (Å²) in [4.78, 5) is 38.2. The van der Waals surface area contributed by atoms with Gasteiger partial charge in [0.1, 0.15) is 13.2 Å². The summed E-state index contributed by atoms with van der Waals surface area (Å²) in [7, 11) is 0. The average molecular weight is 1000 g/mol. The molecule has 0 rings (SSSR count). The number of allylic oxidation sites excluding steroid dienone is 14. The van der Waals surface area contributed by atoms with E-state index in [1.54, 1.807) is 0 Å². The lowest BCUT2D eigenvalue weighted by Gasteiger charge is -2.18. The maximum atomic E-state index is 12.9. The van der Waals surface area contributed by atoms with E-state index in [0.29, 0.717) is 19.3 Å². The van der Waals surface area contributed by atoms with Gasteiger partial charge in [-0.2, -0.15) is 0 Å². The second-order valence-corrected chi connectivity index (χ2v) is 20.2. The number of unbranched alkanes of at least 4 members (excludes halogenated alkanes) is 30. The zero-order chi connectivity index (χ0) is 52.2. The Kier molecular flexibility index (Phi) is 57.3. The molecule has 72 heavy (non-hydrogen) atoms. The first kappa shape index (κ1) is 68.6. The van der Waals surface area contributed by atoms with Crippen molar-refractivity contribution in [1.29, 1.82) is 0 Å². The van der Waals surface area contributed by atoms with E-state index >= 15 is 0 Å². The van der Waals surface area contributed by atoms with Crippen molar-refractivity contribution in [3.63, 3.8) is 0 Å². The summed E-state index contributed by atoms with van der Waals surface area (Å²) in [5, 5.41) is 0. The van der Waals surface area contributed by atoms with Gasteiger partial charge in [-0.1, -0.05) is 247 Å². The van der Waals surface area contributed by atoms with Gasteiger partial charge in [0.2, 0.25) is 0 Å². The highest BCUT2D eigenvalue weighted by Crippen LogP contribution is 2.15. The predicted octanol–water partition coefficient (Wildman–Crippen LogP) is 20.7. The summed E-state index contributed by atoms with van der Waals surface area (Å²) >= 11 is 0. The van der Waals surface area contributed by atoms with Crippen LogP contribution in [0.3, 0.4) is 0 Å². The zero-order valence-electron chi connectivity index (χ0n) is 47.4. The first-order valence-electron chi connectivity index (χ1n) is 30.6. The molecule has 0 saturated carbocycles. The molecule has 6 nitrogen and oxygen atoms in total. The molecule has 414 valence electrons. The molecule has 0 aliphatic heterocycles. The SMILES string of the molecule is CCCC/C=C\C/C=C\CCCCCCCC(=O)OCC(COC(=O)CCCCCCCCCCC/C=C\C/C=C\CCCCCCC)OC(=O)CCCCCCCC/C=C\C/C=C\C/C=C\CCCCC. The van der Waals surface area contributed by atoms with Crippen LogP contribution in [0, 0.1) is 0 Å². The Morgan fingerprint density at radius 2 is 0.514 bits per heavy atom. The van der Waals surface area contributed by atoms with Crippen molar-refractivity contribution in [1.82, 2.24) is 0 Å². The van der Waals surface area contributed by atoms with Crippen molar-refractivity contribution >= 4 is 17.9 Å². The molecule has 0 radical (unpaired) electrons. The Morgan fingerprint density at radius 1 is 0.278 bits per heavy atom.